The second-order valence-corrected chi connectivity index (χ2v) is 4.28. The Morgan fingerprint density at radius 1 is 1.17 bits per heavy atom. The third kappa shape index (κ3) is 5.91. The van der Waals surface area contributed by atoms with Gasteiger partial charge in [0.1, 0.15) is 5.75 Å². The fourth-order valence-electron chi connectivity index (χ4n) is 1.72. The average molecular weight is 261 g/mol. The minimum Gasteiger partial charge on any atom is -0.406 e. The maximum atomic E-state index is 11.9. The first-order valence-corrected chi connectivity index (χ1v) is 6.01. The molecule has 0 fully saturated rings. The molecule has 0 saturated carbocycles. The lowest BCUT2D eigenvalue weighted by Crippen LogP contribution is -2.20. The molecule has 18 heavy (non-hydrogen) atoms. The van der Waals surface area contributed by atoms with Crippen molar-refractivity contribution >= 4 is 0 Å². The van der Waals surface area contributed by atoms with E-state index in [1.165, 1.54) is 12.1 Å². The highest BCUT2D eigenvalue weighted by Gasteiger charge is 2.30. The van der Waals surface area contributed by atoms with Crippen LogP contribution in [0.15, 0.2) is 24.3 Å². The van der Waals surface area contributed by atoms with Crippen molar-refractivity contribution < 1.29 is 17.9 Å². The Bertz CT molecular complexity index is 348. The highest BCUT2D eigenvalue weighted by Crippen LogP contribution is 2.23. The Morgan fingerprint density at radius 3 is 2.28 bits per heavy atom. The number of halogens is 3. The van der Waals surface area contributed by atoms with Gasteiger partial charge < -0.3 is 10.5 Å². The minimum atomic E-state index is -4.63. The molecule has 0 bridgehead atoms. The van der Waals surface area contributed by atoms with Crippen LogP contribution in [0.25, 0.3) is 0 Å². The highest BCUT2D eigenvalue weighted by atomic mass is 19.4. The number of nitrogens with two attached hydrogens (primary N) is 1. The molecule has 0 aliphatic heterocycles. The van der Waals surface area contributed by atoms with Gasteiger partial charge in [0.25, 0.3) is 0 Å². The van der Waals surface area contributed by atoms with Crippen molar-refractivity contribution in [1.82, 2.24) is 0 Å². The monoisotopic (exact) mass is 261 g/mol. The molecule has 0 saturated heterocycles. The van der Waals surface area contributed by atoms with Crippen LogP contribution < -0.4 is 10.5 Å². The molecule has 0 aliphatic carbocycles. The Balaban J connectivity index is 2.45. The molecule has 0 spiro atoms. The van der Waals surface area contributed by atoms with Crippen molar-refractivity contribution in [2.75, 3.05) is 0 Å². The van der Waals surface area contributed by atoms with E-state index >= 15 is 0 Å². The Morgan fingerprint density at radius 2 is 1.78 bits per heavy atom. The minimum absolute atomic E-state index is 0.154. The Kier molecular flexibility index (Phi) is 5.47. The standard InChI is InChI=1S/C13H18F3NO/c1-2-3-11(17)7-4-10-5-8-12(9-6-10)18-13(14,15)16/h5-6,8-9,11H,2-4,7,17H2,1H3. The molecule has 1 atom stereocenters. The molecule has 102 valence electrons. The number of ether oxygens (including phenoxy) is 1. The average Bonchev–Trinajstić information content (AvgIpc) is 2.26. The van der Waals surface area contributed by atoms with Crippen molar-refractivity contribution in [1.29, 1.82) is 0 Å². The van der Waals surface area contributed by atoms with Crippen LogP contribution in [0.1, 0.15) is 31.7 Å². The van der Waals surface area contributed by atoms with Gasteiger partial charge in [0, 0.05) is 6.04 Å². The SMILES string of the molecule is CCCC(N)CCc1ccc(OC(F)(F)F)cc1. The fraction of sp³-hybridized carbons (Fsp3) is 0.538. The van der Waals surface area contributed by atoms with Gasteiger partial charge in [-0.05, 0) is 37.0 Å². The first-order valence-electron chi connectivity index (χ1n) is 6.01. The summed E-state index contributed by atoms with van der Waals surface area (Å²) in [7, 11) is 0. The van der Waals surface area contributed by atoms with E-state index in [1.54, 1.807) is 12.1 Å². The number of aryl methyl sites for hydroxylation is 1. The van der Waals surface area contributed by atoms with Crippen LogP contribution in [-0.2, 0) is 6.42 Å². The van der Waals surface area contributed by atoms with Crippen LogP contribution in [-0.4, -0.2) is 12.4 Å². The molecule has 0 heterocycles. The van der Waals surface area contributed by atoms with Crippen LogP contribution in [0.3, 0.4) is 0 Å². The van der Waals surface area contributed by atoms with Crippen molar-refractivity contribution in [3.8, 4) is 5.75 Å². The van der Waals surface area contributed by atoms with E-state index in [1.807, 2.05) is 0 Å². The predicted molar refractivity (Wildman–Crippen MR) is 64.3 cm³/mol. The summed E-state index contributed by atoms with van der Waals surface area (Å²) in [5.74, 6) is -0.191. The summed E-state index contributed by atoms with van der Waals surface area (Å²) < 4.78 is 39.6. The van der Waals surface area contributed by atoms with E-state index in [0.29, 0.717) is 0 Å². The molecule has 2 N–H and O–H groups in total. The normalized spacial score (nSPS) is 13.4. The first-order chi connectivity index (χ1) is 8.40. The number of benzene rings is 1. The quantitative estimate of drug-likeness (QED) is 0.848. The molecule has 1 unspecified atom stereocenters. The second-order valence-electron chi connectivity index (χ2n) is 4.28. The van der Waals surface area contributed by atoms with Gasteiger partial charge in [0.05, 0.1) is 0 Å². The summed E-state index contributed by atoms with van der Waals surface area (Å²) in [4.78, 5) is 0. The third-order valence-corrected chi connectivity index (χ3v) is 2.62. The van der Waals surface area contributed by atoms with Crippen LogP contribution in [0.4, 0.5) is 13.2 Å². The lowest BCUT2D eigenvalue weighted by molar-refractivity contribution is -0.274. The van der Waals surface area contributed by atoms with Gasteiger partial charge in [-0.15, -0.1) is 13.2 Å². The number of alkyl halides is 3. The molecule has 0 radical (unpaired) electrons. The summed E-state index contributed by atoms with van der Waals surface area (Å²) in [6.45, 7) is 2.07. The van der Waals surface area contributed by atoms with Crippen molar-refractivity contribution in [3.05, 3.63) is 29.8 Å². The first kappa shape index (κ1) is 14.8. The van der Waals surface area contributed by atoms with E-state index < -0.39 is 6.36 Å². The summed E-state index contributed by atoms with van der Waals surface area (Å²) in [5, 5.41) is 0. The van der Waals surface area contributed by atoms with Crippen molar-refractivity contribution in [3.63, 3.8) is 0 Å². The summed E-state index contributed by atoms with van der Waals surface area (Å²) in [6.07, 6.45) is -1.01. The van der Waals surface area contributed by atoms with Crippen molar-refractivity contribution in [2.45, 2.75) is 45.0 Å². The topological polar surface area (TPSA) is 35.2 Å². The third-order valence-electron chi connectivity index (χ3n) is 2.62. The molecular weight excluding hydrogens is 243 g/mol. The summed E-state index contributed by atoms with van der Waals surface area (Å²) in [6, 6.07) is 6.09. The van der Waals surface area contributed by atoms with E-state index in [0.717, 1.165) is 31.2 Å². The van der Waals surface area contributed by atoms with Gasteiger partial charge in [0.2, 0.25) is 0 Å². The van der Waals surface area contributed by atoms with Crippen LogP contribution in [0.5, 0.6) is 5.75 Å². The highest BCUT2D eigenvalue weighted by molar-refractivity contribution is 5.27. The maximum Gasteiger partial charge on any atom is 0.573 e. The number of hydrogen-bond donors (Lipinski definition) is 1. The molecule has 0 aromatic heterocycles. The Hall–Kier alpha value is -1.23. The smallest absolute Gasteiger partial charge is 0.406 e. The predicted octanol–water partition coefficient (Wildman–Crippen LogP) is 3.65. The van der Waals surface area contributed by atoms with E-state index in [2.05, 4.69) is 11.7 Å². The molecule has 5 heteroatoms. The summed E-state index contributed by atoms with van der Waals surface area (Å²) in [5.41, 5.74) is 6.84. The molecule has 1 aromatic rings. The van der Waals surface area contributed by atoms with Gasteiger partial charge in [0.15, 0.2) is 0 Å². The number of rotatable bonds is 6. The van der Waals surface area contributed by atoms with E-state index in [-0.39, 0.29) is 11.8 Å². The van der Waals surface area contributed by atoms with Crippen molar-refractivity contribution in [2.24, 2.45) is 5.73 Å². The molecule has 1 rings (SSSR count). The van der Waals surface area contributed by atoms with Crippen LogP contribution in [0, 0.1) is 0 Å². The zero-order valence-corrected chi connectivity index (χ0v) is 10.3. The second kappa shape index (κ2) is 6.64. The van der Waals surface area contributed by atoms with Gasteiger partial charge >= 0.3 is 6.36 Å². The van der Waals surface area contributed by atoms with Crippen LogP contribution in [0.2, 0.25) is 0 Å². The summed E-state index contributed by atoms with van der Waals surface area (Å²) >= 11 is 0. The lowest BCUT2D eigenvalue weighted by Gasteiger charge is -2.11. The molecule has 0 aliphatic rings. The number of hydrogen-bond acceptors (Lipinski definition) is 2. The molecule has 1 aromatic carbocycles. The molecular formula is C13H18F3NO. The largest absolute Gasteiger partial charge is 0.573 e. The van der Waals surface area contributed by atoms with Gasteiger partial charge in [-0.2, -0.15) is 0 Å². The van der Waals surface area contributed by atoms with Crippen LogP contribution >= 0.6 is 0 Å². The van der Waals surface area contributed by atoms with E-state index in [9.17, 15) is 13.2 Å². The fourth-order valence-corrected chi connectivity index (χ4v) is 1.72. The lowest BCUT2D eigenvalue weighted by atomic mass is 10.0. The van der Waals surface area contributed by atoms with Gasteiger partial charge in [-0.3, -0.25) is 0 Å². The Labute approximate surface area is 105 Å². The van der Waals surface area contributed by atoms with Gasteiger partial charge in [-0.1, -0.05) is 25.5 Å². The zero-order valence-electron chi connectivity index (χ0n) is 10.3. The zero-order chi connectivity index (χ0) is 13.6. The van der Waals surface area contributed by atoms with E-state index in [4.69, 9.17) is 5.73 Å². The molecule has 0 amide bonds. The molecule has 2 nitrogen and oxygen atoms in total. The maximum absolute atomic E-state index is 11.9. The van der Waals surface area contributed by atoms with Gasteiger partial charge in [-0.25, -0.2) is 0 Å².